The van der Waals surface area contributed by atoms with Crippen LogP contribution in [0.2, 0.25) is 0 Å². The Bertz CT molecular complexity index is 552. The summed E-state index contributed by atoms with van der Waals surface area (Å²) in [6, 6.07) is 5.39. The molecule has 2 rings (SSSR count). The fourth-order valence-corrected chi connectivity index (χ4v) is 2.16. The molecule has 0 radical (unpaired) electrons. The molecule has 0 unspecified atom stereocenters. The van der Waals surface area contributed by atoms with Gasteiger partial charge in [-0.05, 0) is 25.5 Å². The Labute approximate surface area is 111 Å². The van der Waals surface area contributed by atoms with Gasteiger partial charge < -0.3 is 10.2 Å². The minimum absolute atomic E-state index is 0.0675. The van der Waals surface area contributed by atoms with Gasteiger partial charge in [-0.15, -0.1) is 0 Å². The van der Waals surface area contributed by atoms with Gasteiger partial charge in [-0.3, -0.25) is 14.4 Å². The van der Waals surface area contributed by atoms with E-state index in [1.165, 1.54) is 4.90 Å². The Morgan fingerprint density at radius 1 is 1.32 bits per heavy atom. The van der Waals surface area contributed by atoms with Crippen molar-refractivity contribution < 1.29 is 14.4 Å². The van der Waals surface area contributed by atoms with E-state index >= 15 is 0 Å². The molecule has 0 saturated heterocycles. The second-order valence-electron chi connectivity index (χ2n) is 4.58. The van der Waals surface area contributed by atoms with E-state index in [2.05, 4.69) is 5.32 Å². The molecule has 0 atom stereocenters. The molecule has 0 spiro atoms. The number of nitrogens with zero attached hydrogens (tertiary/aromatic N) is 1. The number of ketones is 1. The highest BCUT2D eigenvalue weighted by molar-refractivity contribution is 6.52. The van der Waals surface area contributed by atoms with Gasteiger partial charge in [-0.1, -0.05) is 11.6 Å². The van der Waals surface area contributed by atoms with E-state index in [1.807, 2.05) is 13.0 Å². The van der Waals surface area contributed by atoms with Crippen molar-refractivity contribution in [2.45, 2.75) is 19.8 Å². The first-order valence-corrected chi connectivity index (χ1v) is 6.22. The minimum atomic E-state index is -0.502. The van der Waals surface area contributed by atoms with Crippen molar-refractivity contribution in [2.75, 3.05) is 18.5 Å². The van der Waals surface area contributed by atoms with Gasteiger partial charge in [-0.2, -0.15) is 0 Å². The maximum absolute atomic E-state index is 11.9. The number of amides is 2. The Kier molecular flexibility index (Phi) is 3.64. The molecule has 0 fully saturated rings. The normalized spacial score (nSPS) is 13.7. The number of anilines is 1. The maximum atomic E-state index is 11.9. The van der Waals surface area contributed by atoms with E-state index in [-0.39, 0.29) is 5.91 Å². The predicted octanol–water partition coefficient (Wildman–Crippen LogP) is 1.05. The molecule has 1 aliphatic rings. The summed E-state index contributed by atoms with van der Waals surface area (Å²) in [7, 11) is 1.57. The maximum Gasteiger partial charge on any atom is 0.299 e. The molecule has 1 aromatic carbocycles. The molecular formula is C14H16N2O3. The number of fused-ring (bicyclic) bond motifs is 1. The van der Waals surface area contributed by atoms with Gasteiger partial charge in [0, 0.05) is 20.0 Å². The lowest BCUT2D eigenvalue weighted by atomic mass is 10.1. The Hall–Kier alpha value is -2.17. The lowest BCUT2D eigenvalue weighted by Gasteiger charge is -2.16. The number of carbonyl (C=O) groups is 3. The van der Waals surface area contributed by atoms with Crippen LogP contribution in [-0.4, -0.2) is 31.2 Å². The predicted molar refractivity (Wildman–Crippen MR) is 71.2 cm³/mol. The summed E-state index contributed by atoms with van der Waals surface area (Å²) in [5.41, 5.74) is 2.06. The van der Waals surface area contributed by atoms with Crippen molar-refractivity contribution in [3.8, 4) is 0 Å². The summed E-state index contributed by atoms with van der Waals surface area (Å²) in [6.45, 7) is 2.26. The molecule has 0 bridgehead atoms. The number of hydrogen-bond donors (Lipinski definition) is 1. The summed E-state index contributed by atoms with van der Waals surface area (Å²) in [5.74, 6) is -1.03. The number of nitrogens with one attached hydrogen (secondary N) is 1. The minimum Gasteiger partial charge on any atom is -0.359 e. The van der Waals surface area contributed by atoms with E-state index in [0.29, 0.717) is 30.6 Å². The Morgan fingerprint density at radius 3 is 2.74 bits per heavy atom. The van der Waals surface area contributed by atoms with Crippen LogP contribution >= 0.6 is 0 Å². The second kappa shape index (κ2) is 5.22. The second-order valence-corrected chi connectivity index (χ2v) is 4.58. The van der Waals surface area contributed by atoms with E-state index in [1.54, 1.807) is 19.2 Å². The molecule has 1 N–H and O–H groups in total. The van der Waals surface area contributed by atoms with Crippen molar-refractivity contribution in [1.82, 2.24) is 5.32 Å². The van der Waals surface area contributed by atoms with Crippen LogP contribution in [0.4, 0.5) is 5.69 Å². The van der Waals surface area contributed by atoms with Crippen LogP contribution in [0.3, 0.4) is 0 Å². The molecule has 5 nitrogen and oxygen atoms in total. The average molecular weight is 260 g/mol. The van der Waals surface area contributed by atoms with Crippen molar-refractivity contribution >= 4 is 23.3 Å². The van der Waals surface area contributed by atoms with Crippen molar-refractivity contribution in [2.24, 2.45) is 0 Å². The summed E-state index contributed by atoms with van der Waals surface area (Å²) >= 11 is 0. The van der Waals surface area contributed by atoms with Crippen molar-refractivity contribution in [1.29, 1.82) is 0 Å². The molecule has 100 valence electrons. The van der Waals surface area contributed by atoms with Crippen LogP contribution in [0.1, 0.15) is 28.8 Å². The highest BCUT2D eigenvalue weighted by Gasteiger charge is 2.35. The quantitative estimate of drug-likeness (QED) is 0.823. The van der Waals surface area contributed by atoms with Crippen LogP contribution in [0, 0.1) is 6.92 Å². The first-order chi connectivity index (χ1) is 9.04. The molecule has 1 heterocycles. The highest BCUT2D eigenvalue weighted by Crippen LogP contribution is 2.29. The third kappa shape index (κ3) is 2.50. The van der Waals surface area contributed by atoms with Gasteiger partial charge in [0.2, 0.25) is 5.91 Å². The van der Waals surface area contributed by atoms with Crippen LogP contribution in [-0.2, 0) is 9.59 Å². The molecule has 5 heteroatoms. The van der Waals surface area contributed by atoms with Crippen LogP contribution < -0.4 is 10.2 Å². The van der Waals surface area contributed by atoms with Crippen LogP contribution in [0.5, 0.6) is 0 Å². The van der Waals surface area contributed by atoms with Gasteiger partial charge in [-0.25, -0.2) is 0 Å². The Morgan fingerprint density at radius 2 is 2.05 bits per heavy atom. The summed E-state index contributed by atoms with van der Waals surface area (Å²) in [6.07, 6.45) is 0.877. The highest BCUT2D eigenvalue weighted by atomic mass is 16.2. The van der Waals surface area contributed by atoms with Gasteiger partial charge >= 0.3 is 0 Å². The van der Waals surface area contributed by atoms with Crippen LogP contribution in [0.25, 0.3) is 0 Å². The molecule has 2 amide bonds. The summed E-state index contributed by atoms with van der Waals surface area (Å²) in [4.78, 5) is 36.3. The third-order valence-electron chi connectivity index (χ3n) is 3.19. The third-order valence-corrected chi connectivity index (χ3v) is 3.19. The zero-order valence-corrected chi connectivity index (χ0v) is 11.0. The number of benzene rings is 1. The van der Waals surface area contributed by atoms with Crippen molar-refractivity contribution in [3.05, 3.63) is 29.3 Å². The lowest BCUT2D eigenvalue weighted by Crippen LogP contribution is -2.31. The molecule has 0 saturated carbocycles. The number of carbonyl (C=O) groups excluding carboxylic acids is 3. The average Bonchev–Trinajstić information content (AvgIpc) is 2.63. The summed E-state index contributed by atoms with van der Waals surface area (Å²) < 4.78 is 0. The van der Waals surface area contributed by atoms with Gasteiger partial charge in [0.15, 0.2) is 0 Å². The summed E-state index contributed by atoms with van der Waals surface area (Å²) in [5, 5.41) is 2.53. The zero-order chi connectivity index (χ0) is 14.0. The monoisotopic (exact) mass is 260 g/mol. The first-order valence-electron chi connectivity index (χ1n) is 6.22. The molecule has 0 aliphatic carbocycles. The van der Waals surface area contributed by atoms with Gasteiger partial charge in [0.1, 0.15) is 0 Å². The number of Topliss-reactive ketones (excluding diaryl/α,β-unsaturated/α-hetero) is 1. The molecule has 1 aromatic rings. The fraction of sp³-hybridized carbons (Fsp3) is 0.357. The SMILES string of the molecule is CNC(=O)CCCN1C(=O)C(=O)c2cc(C)ccc21. The zero-order valence-electron chi connectivity index (χ0n) is 11.0. The van der Waals surface area contributed by atoms with Gasteiger partial charge in [0.25, 0.3) is 11.7 Å². The molecular weight excluding hydrogens is 244 g/mol. The standard InChI is InChI=1S/C14H16N2O3/c1-9-5-6-11-10(8-9)13(18)14(19)16(11)7-3-4-12(17)15-2/h5-6,8H,3-4,7H2,1-2H3,(H,15,17). The van der Waals surface area contributed by atoms with Crippen molar-refractivity contribution in [3.63, 3.8) is 0 Å². The number of aryl methyl sites for hydroxylation is 1. The van der Waals surface area contributed by atoms with E-state index < -0.39 is 11.7 Å². The van der Waals surface area contributed by atoms with Crippen LogP contribution in [0.15, 0.2) is 18.2 Å². The topological polar surface area (TPSA) is 66.5 Å². The fourth-order valence-electron chi connectivity index (χ4n) is 2.16. The first kappa shape index (κ1) is 13.3. The largest absolute Gasteiger partial charge is 0.359 e. The van der Waals surface area contributed by atoms with Gasteiger partial charge in [0.05, 0.1) is 11.3 Å². The number of hydrogen-bond acceptors (Lipinski definition) is 3. The lowest BCUT2D eigenvalue weighted by molar-refractivity contribution is -0.121. The van der Waals surface area contributed by atoms with E-state index in [4.69, 9.17) is 0 Å². The molecule has 0 aromatic heterocycles. The smallest absolute Gasteiger partial charge is 0.299 e. The van der Waals surface area contributed by atoms with E-state index in [0.717, 1.165) is 5.56 Å². The molecule has 19 heavy (non-hydrogen) atoms. The van der Waals surface area contributed by atoms with E-state index in [9.17, 15) is 14.4 Å². The Balaban J connectivity index is 2.13. The number of rotatable bonds is 4. The molecule has 1 aliphatic heterocycles.